The van der Waals surface area contributed by atoms with Crippen LogP contribution in [0.5, 0.6) is 0 Å². The molecule has 0 aromatic carbocycles. The number of nitrogen functional groups attached to an aromatic ring is 1. The molecule has 0 atom stereocenters. The zero-order valence-electron chi connectivity index (χ0n) is 6.87. The van der Waals surface area contributed by atoms with Crippen LogP contribution in [0.2, 0.25) is 0 Å². The Hall–Kier alpha value is -0.810. The fraction of sp³-hybridized carbons (Fsp3) is 0.125. The molecule has 0 fully saturated rings. The number of aromatic nitrogens is 1. The Bertz CT molecular complexity index is 435. The minimum atomic E-state index is 0.219. The van der Waals surface area contributed by atoms with Gasteiger partial charge in [-0.1, -0.05) is 0 Å². The second-order valence-electron chi connectivity index (χ2n) is 2.57. The zero-order chi connectivity index (χ0) is 9.42. The highest BCUT2D eigenvalue weighted by Gasteiger charge is 2.11. The summed E-state index contributed by atoms with van der Waals surface area (Å²) in [5.41, 5.74) is 6.26. The number of thiophene rings is 1. The van der Waals surface area contributed by atoms with E-state index in [4.69, 9.17) is 10.2 Å². The molecule has 13 heavy (non-hydrogen) atoms. The lowest BCUT2D eigenvalue weighted by Crippen LogP contribution is -1.81. The normalized spacial score (nSPS) is 10.6. The molecule has 0 saturated carbocycles. The number of oxazole rings is 1. The van der Waals surface area contributed by atoms with E-state index in [1.54, 1.807) is 11.3 Å². The molecular weight excluding hydrogens is 252 g/mol. The van der Waals surface area contributed by atoms with E-state index in [1.807, 2.05) is 19.1 Å². The average molecular weight is 259 g/mol. The molecule has 2 aromatic heterocycles. The summed E-state index contributed by atoms with van der Waals surface area (Å²) in [5.74, 6) is 0.758. The van der Waals surface area contributed by atoms with Crippen LogP contribution in [0.15, 0.2) is 20.3 Å². The molecule has 0 unspecified atom stereocenters. The first-order valence-corrected chi connectivity index (χ1v) is 5.26. The Labute approximate surface area is 87.7 Å². The van der Waals surface area contributed by atoms with Gasteiger partial charge in [-0.2, -0.15) is 4.98 Å². The van der Waals surface area contributed by atoms with Crippen LogP contribution in [0.1, 0.15) is 5.69 Å². The van der Waals surface area contributed by atoms with Crippen molar-refractivity contribution >= 4 is 33.3 Å². The van der Waals surface area contributed by atoms with Gasteiger partial charge in [-0.05, 0) is 35.0 Å². The van der Waals surface area contributed by atoms with Crippen molar-refractivity contribution in [1.29, 1.82) is 0 Å². The first-order chi connectivity index (χ1) is 6.16. The molecule has 0 aliphatic rings. The van der Waals surface area contributed by atoms with E-state index in [0.717, 1.165) is 20.1 Å². The maximum atomic E-state index is 5.44. The Morgan fingerprint density at radius 3 is 2.77 bits per heavy atom. The fourth-order valence-electron chi connectivity index (χ4n) is 1.08. The van der Waals surface area contributed by atoms with Gasteiger partial charge in [-0.25, -0.2) is 0 Å². The molecule has 2 aromatic rings. The van der Waals surface area contributed by atoms with Crippen molar-refractivity contribution in [3.63, 3.8) is 0 Å². The van der Waals surface area contributed by atoms with Crippen molar-refractivity contribution in [1.82, 2.24) is 4.98 Å². The molecule has 2 rings (SSSR count). The van der Waals surface area contributed by atoms with Gasteiger partial charge in [0.05, 0.1) is 14.4 Å². The van der Waals surface area contributed by atoms with Crippen molar-refractivity contribution in [3.8, 4) is 10.6 Å². The molecule has 0 aliphatic carbocycles. The smallest absolute Gasteiger partial charge is 0.292 e. The molecule has 68 valence electrons. The first kappa shape index (κ1) is 8.77. The number of rotatable bonds is 1. The van der Waals surface area contributed by atoms with Crippen LogP contribution in [0.3, 0.4) is 0 Å². The van der Waals surface area contributed by atoms with Gasteiger partial charge in [0.25, 0.3) is 6.01 Å². The molecule has 0 bridgehead atoms. The summed E-state index contributed by atoms with van der Waals surface area (Å²) >= 11 is 4.98. The highest BCUT2D eigenvalue weighted by molar-refractivity contribution is 9.11. The lowest BCUT2D eigenvalue weighted by Gasteiger charge is -1.89. The highest BCUT2D eigenvalue weighted by Crippen LogP contribution is 2.33. The fourth-order valence-corrected chi connectivity index (χ4v) is 2.50. The molecule has 0 aliphatic heterocycles. The van der Waals surface area contributed by atoms with Gasteiger partial charge < -0.3 is 10.2 Å². The second-order valence-corrected chi connectivity index (χ2v) is 5.03. The van der Waals surface area contributed by atoms with E-state index in [9.17, 15) is 0 Å². The van der Waals surface area contributed by atoms with Gasteiger partial charge >= 0.3 is 0 Å². The molecule has 0 radical (unpaired) electrons. The van der Waals surface area contributed by atoms with Crippen LogP contribution in [0.25, 0.3) is 10.6 Å². The number of hydrogen-bond donors (Lipinski definition) is 1. The quantitative estimate of drug-likeness (QED) is 0.856. The van der Waals surface area contributed by atoms with E-state index in [-0.39, 0.29) is 6.01 Å². The minimum absolute atomic E-state index is 0.219. The number of hydrogen-bond acceptors (Lipinski definition) is 4. The van der Waals surface area contributed by atoms with Crippen molar-refractivity contribution in [2.24, 2.45) is 0 Å². The highest BCUT2D eigenvalue weighted by atomic mass is 79.9. The third-order valence-corrected chi connectivity index (χ3v) is 3.23. The maximum Gasteiger partial charge on any atom is 0.292 e. The Kier molecular flexibility index (Phi) is 2.13. The molecule has 2 N–H and O–H groups in total. The molecule has 5 heteroatoms. The van der Waals surface area contributed by atoms with Crippen LogP contribution in [-0.4, -0.2) is 4.98 Å². The summed E-state index contributed by atoms with van der Waals surface area (Å²) in [6, 6.07) is 4.16. The second kappa shape index (κ2) is 3.16. The summed E-state index contributed by atoms with van der Waals surface area (Å²) < 4.78 is 6.34. The van der Waals surface area contributed by atoms with Crippen LogP contribution >= 0.6 is 27.3 Å². The molecule has 0 spiro atoms. The van der Waals surface area contributed by atoms with Crippen LogP contribution in [0, 0.1) is 6.92 Å². The topological polar surface area (TPSA) is 52.0 Å². The Balaban J connectivity index is 2.51. The van der Waals surface area contributed by atoms with Gasteiger partial charge in [-0.3, -0.25) is 0 Å². The van der Waals surface area contributed by atoms with Gasteiger partial charge in [-0.15, -0.1) is 11.3 Å². The lowest BCUT2D eigenvalue weighted by molar-refractivity contribution is 0.595. The third-order valence-electron chi connectivity index (χ3n) is 1.61. The monoisotopic (exact) mass is 258 g/mol. The lowest BCUT2D eigenvalue weighted by atomic mass is 10.3. The van der Waals surface area contributed by atoms with E-state index in [0.29, 0.717) is 0 Å². The molecule has 0 saturated heterocycles. The summed E-state index contributed by atoms with van der Waals surface area (Å²) in [7, 11) is 0. The Morgan fingerprint density at radius 1 is 1.54 bits per heavy atom. The van der Waals surface area contributed by atoms with Crippen molar-refractivity contribution in [3.05, 3.63) is 21.6 Å². The van der Waals surface area contributed by atoms with Crippen molar-refractivity contribution in [2.75, 3.05) is 5.73 Å². The number of nitrogens with two attached hydrogens (primary N) is 1. The Morgan fingerprint density at radius 2 is 2.31 bits per heavy atom. The van der Waals surface area contributed by atoms with E-state index < -0.39 is 0 Å². The van der Waals surface area contributed by atoms with Crippen LogP contribution in [-0.2, 0) is 0 Å². The number of anilines is 1. The van der Waals surface area contributed by atoms with Gasteiger partial charge in [0.2, 0.25) is 0 Å². The summed E-state index contributed by atoms with van der Waals surface area (Å²) in [4.78, 5) is 5.03. The van der Waals surface area contributed by atoms with Crippen molar-refractivity contribution in [2.45, 2.75) is 6.92 Å². The summed E-state index contributed by atoms with van der Waals surface area (Å²) in [6.45, 7) is 1.88. The van der Waals surface area contributed by atoms with Crippen molar-refractivity contribution < 1.29 is 4.42 Å². The minimum Gasteiger partial charge on any atom is -0.423 e. The van der Waals surface area contributed by atoms with Crippen LogP contribution in [0.4, 0.5) is 6.01 Å². The van der Waals surface area contributed by atoms with Gasteiger partial charge in [0.15, 0.2) is 5.76 Å². The predicted octanol–water partition coefficient (Wildman–Crippen LogP) is 3.06. The predicted molar refractivity (Wildman–Crippen MR) is 56.7 cm³/mol. The van der Waals surface area contributed by atoms with E-state index in [2.05, 4.69) is 20.9 Å². The first-order valence-electron chi connectivity index (χ1n) is 3.65. The zero-order valence-corrected chi connectivity index (χ0v) is 9.28. The molecule has 3 nitrogen and oxygen atoms in total. The summed E-state index contributed by atoms with van der Waals surface area (Å²) in [6.07, 6.45) is 0. The number of nitrogens with zero attached hydrogens (tertiary/aromatic N) is 1. The van der Waals surface area contributed by atoms with Crippen LogP contribution < -0.4 is 5.73 Å². The largest absolute Gasteiger partial charge is 0.423 e. The van der Waals surface area contributed by atoms with Gasteiger partial charge in [0.1, 0.15) is 0 Å². The summed E-state index contributed by atoms with van der Waals surface area (Å²) in [5, 5.41) is 0. The third kappa shape index (κ3) is 1.62. The molecule has 0 amide bonds. The number of aryl methyl sites for hydroxylation is 1. The molecular formula is C8H7BrN2OS. The SMILES string of the molecule is Cc1nc(N)oc1-c1ccc(Br)s1. The number of halogens is 1. The van der Waals surface area contributed by atoms with E-state index in [1.165, 1.54) is 0 Å². The standard InChI is InChI=1S/C8H7BrN2OS/c1-4-7(12-8(10)11-4)5-2-3-6(9)13-5/h2-3H,1H3,(H2,10,11). The maximum absolute atomic E-state index is 5.44. The van der Waals surface area contributed by atoms with Gasteiger partial charge in [0, 0.05) is 0 Å². The van der Waals surface area contributed by atoms with E-state index >= 15 is 0 Å². The molecule has 2 heterocycles. The average Bonchev–Trinajstić information content (AvgIpc) is 2.58.